The maximum absolute atomic E-state index is 12.6. The second kappa shape index (κ2) is 7.12. The summed E-state index contributed by atoms with van der Waals surface area (Å²) in [5.74, 6) is 1.37. The number of rotatable bonds is 2. The number of carbonyl (C=O) groups excluding carboxylic acids is 1. The van der Waals surface area contributed by atoms with Crippen molar-refractivity contribution in [3.8, 4) is 0 Å². The summed E-state index contributed by atoms with van der Waals surface area (Å²) in [6, 6.07) is 0. The van der Waals surface area contributed by atoms with E-state index < -0.39 is 11.2 Å². The Hall–Kier alpha value is -1.56. The SMILES string of the molecule is Cc1onc(C2CN(C(=O)OC(C)(C)C)CCC2(O)C2CCC(C)C2)c1C. The van der Waals surface area contributed by atoms with Crippen LogP contribution >= 0.6 is 0 Å². The Morgan fingerprint density at radius 1 is 1.33 bits per heavy atom. The van der Waals surface area contributed by atoms with Crippen LogP contribution in [-0.2, 0) is 4.74 Å². The molecular weight excluding hydrogens is 344 g/mol. The van der Waals surface area contributed by atoms with E-state index in [9.17, 15) is 9.90 Å². The summed E-state index contributed by atoms with van der Waals surface area (Å²) in [7, 11) is 0. The molecule has 27 heavy (non-hydrogen) atoms. The molecule has 4 atom stereocenters. The van der Waals surface area contributed by atoms with Crippen molar-refractivity contribution in [1.29, 1.82) is 0 Å². The number of carbonyl (C=O) groups is 1. The van der Waals surface area contributed by atoms with Crippen molar-refractivity contribution in [2.45, 2.75) is 84.3 Å². The number of hydrogen-bond acceptors (Lipinski definition) is 5. The van der Waals surface area contributed by atoms with Gasteiger partial charge in [0.25, 0.3) is 0 Å². The Balaban J connectivity index is 1.89. The summed E-state index contributed by atoms with van der Waals surface area (Å²) < 4.78 is 11.0. The Kier molecular flexibility index (Phi) is 5.32. The lowest BCUT2D eigenvalue weighted by molar-refractivity contribution is -0.0869. The number of aliphatic hydroxyl groups is 1. The highest BCUT2D eigenvalue weighted by Gasteiger charge is 2.51. The van der Waals surface area contributed by atoms with Gasteiger partial charge >= 0.3 is 6.09 Å². The fourth-order valence-electron chi connectivity index (χ4n) is 4.68. The third kappa shape index (κ3) is 4.00. The normalized spacial score (nSPS) is 32.0. The Bertz CT molecular complexity index is 693. The highest BCUT2D eigenvalue weighted by atomic mass is 16.6. The molecule has 152 valence electrons. The number of likely N-dealkylation sites (tertiary alicyclic amines) is 1. The number of amides is 1. The first kappa shape index (κ1) is 20.2. The van der Waals surface area contributed by atoms with Crippen LogP contribution in [0.3, 0.4) is 0 Å². The van der Waals surface area contributed by atoms with Crippen molar-refractivity contribution in [1.82, 2.24) is 10.1 Å². The number of nitrogens with zero attached hydrogens (tertiary/aromatic N) is 2. The largest absolute Gasteiger partial charge is 0.444 e. The number of aryl methyl sites for hydroxylation is 1. The lowest BCUT2D eigenvalue weighted by atomic mass is 9.69. The predicted molar refractivity (Wildman–Crippen MR) is 103 cm³/mol. The Morgan fingerprint density at radius 3 is 2.56 bits per heavy atom. The van der Waals surface area contributed by atoms with E-state index >= 15 is 0 Å². The van der Waals surface area contributed by atoms with Crippen molar-refractivity contribution < 1.29 is 19.2 Å². The molecule has 4 unspecified atom stereocenters. The van der Waals surface area contributed by atoms with Gasteiger partial charge in [0.1, 0.15) is 11.4 Å². The van der Waals surface area contributed by atoms with Crippen molar-refractivity contribution in [3.63, 3.8) is 0 Å². The van der Waals surface area contributed by atoms with Gasteiger partial charge in [-0.1, -0.05) is 18.5 Å². The molecular formula is C21H34N2O4. The van der Waals surface area contributed by atoms with Gasteiger partial charge in [-0.25, -0.2) is 4.79 Å². The quantitative estimate of drug-likeness (QED) is 0.835. The minimum absolute atomic E-state index is 0.231. The maximum Gasteiger partial charge on any atom is 0.410 e. The summed E-state index contributed by atoms with van der Waals surface area (Å²) >= 11 is 0. The summed E-state index contributed by atoms with van der Waals surface area (Å²) in [6.07, 6.45) is 3.41. The van der Waals surface area contributed by atoms with Gasteiger partial charge in [0.15, 0.2) is 0 Å². The van der Waals surface area contributed by atoms with E-state index in [1.807, 2.05) is 34.6 Å². The zero-order valence-corrected chi connectivity index (χ0v) is 17.5. The monoisotopic (exact) mass is 378 g/mol. The first-order valence-corrected chi connectivity index (χ1v) is 10.1. The van der Waals surface area contributed by atoms with Gasteiger partial charge in [0.05, 0.1) is 17.2 Å². The summed E-state index contributed by atoms with van der Waals surface area (Å²) in [6.45, 7) is 12.6. The molecule has 3 rings (SSSR count). The zero-order chi connectivity index (χ0) is 20.0. The molecule has 0 spiro atoms. The van der Waals surface area contributed by atoms with Crippen LogP contribution in [-0.4, -0.2) is 45.5 Å². The lowest BCUT2D eigenvalue weighted by Gasteiger charge is -2.47. The third-order valence-electron chi connectivity index (χ3n) is 6.37. The van der Waals surface area contributed by atoms with E-state index in [0.717, 1.165) is 36.3 Å². The smallest absolute Gasteiger partial charge is 0.410 e. The van der Waals surface area contributed by atoms with E-state index in [-0.39, 0.29) is 17.9 Å². The average molecular weight is 379 g/mol. The standard InChI is InChI=1S/C21H34N2O4/c1-13-7-8-16(11-13)21(25)9-10-23(19(24)26-20(4,5)6)12-17(21)18-14(2)15(3)27-22-18/h13,16-17,25H,7-12H2,1-6H3. The lowest BCUT2D eigenvalue weighted by Crippen LogP contribution is -2.56. The van der Waals surface area contributed by atoms with E-state index in [0.29, 0.717) is 25.4 Å². The molecule has 1 aromatic rings. The first-order valence-electron chi connectivity index (χ1n) is 10.1. The molecule has 1 aliphatic heterocycles. The fourth-order valence-corrected chi connectivity index (χ4v) is 4.68. The van der Waals surface area contributed by atoms with Gasteiger partial charge in [0.2, 0.25) is 0 Å². The van der Waals surface area contributed by atoms with E-state index in [2.05, 4.69) is 12.1 Å². The van der Waals surface area contributed by atoms with Crippen LogP contribution in [0.4, 0.5) is 4.79 Å². The van der Waals surface area contributed by atoms with Gasteiger partial charge in [-0.15, -0.1) is 0 Å². The van der Waals surface area contributed by atoms with E-state index in [1.54, 1.807) is 4.90 Å². The van der Waals surface area contributed by atoms with Crippen LogP contribution in [0.5, 0.6) is 0 Å². The van der Waals surface area contributed by atoms with Crippen molar-refractivity contribution in [3.05, 3.63) is 17.0 Å². The van der Waals surface area contributed by atoms with Gasteiger partial charge < -0.3 is 19.3 Å². The van der Waals surface area contributed by atoms with Gasteiger partial charge in [-0.3, -0.25) is 0 Å². The molecule has 6 nitrogen and oxygen atoms in total. The molecule has 2 fully saturated rings. The molecule has 1 amide bonds. The van der Waals surface area contributed by atoms with Crippen LogP contribution in [0.1, 0.15) is 76.3 Å². The van der Waals surface area contributed by atoms with Crippen LogP contribution in [0.15, 0.2) is 4.52 Å². The third-order valence-corrected chi connectivity index (χ3v) is 6.37. The van der Waals surface area contributed by atoms with Crippen LogP contribution in [0.2, 0.25) is 0 Å². The highest BCUT2D eigenvalue weighted by Crippen LogP contribution is 2.49. The van der Waals surface area contributed by atoms with Crippen LogP contribution in [0.25, 0.3) is 0 Å². The summed E-state index contributed by atoms with van der Waals surface area (Å²) in [5.41, 5.74) is 0.345. The number of aromatic nitrogens is 1. The van der Waals surface area contributed by atoms with Crippen molar-refractivity contribution in [2.75, 3.05) is 13.1 Å². The molecule has 1 N–H and O–H groups in total. The second-order valence-electron chi connectivity index (χ2n) is 9.58. The predicted octanol–water partition coefficient (Wildman–Crippen LogP) is 4.18. The molecule has 1 saturated carbocycles. The minimum atomic E-state index is -0.864. The Morgan fingerprint density at radius 2 is 2.04 bits per heavy atom. The molecule has 2 heterocycles. The van der Waals surface area contributed by atoms with E-state index in [4.69, 9.17) is 9.26 Å². The molecule has 1 saturated heterocycles. The first-order chi connectivity index (χ1) is 12.5. The highest BCUT2D eigenvalue weighted by molar-refractivity contribution is 5.68. The molecule has 1 aromatic heterocycles. The van der Waals surface area contributed by atoms with Crippen LogP contribution in [0, 0.1) is 25.7 Å². The topological polar surface area (TPSA) is 75.8 Å². The fraction of sp³-hybridized carbons (Fsp3) is 0.810. The summed E-state index contributed by atoms with van der Waals surface area (Å²) in [5, 5.41) is 16.1. The zero-order valence-electron chi connectivity index (χ0n) is 17.5. The van der Waals surface area contributed by atoms with Gasteiger partial charge in [-0.05, 0) is 65.7 Å². The summed E-state index contributed by atoms with van der Waals surface area (Å²) in [4.78, 5) is 14.4. The maximum atomic E-state index is 12.6. The number of hydrogen-bond donors (Lipinski definition) is 1. The molecule has 0 radical (unpaired) electrons. The average Bonchev–Trinajstić information content (AvgIpc) is 3.14. The number of piperidine rings is 1. The van der Waals surface area contributed by atoms with E-state index in [1.165, 1.54) is 0 Å². The van der Waals surface area contributed by atoms with Crippen molar-refractivity contribution in [2.24, 2.45) is 11.8 Å². The number of ether oxygens (including phenoxy) is 1. The van der Waals surface area contributed by atoms with Crippen LogP contribution < -0.4 is 0 Å². The molecule has 2 aliphatic rings. The van der Waals surface area contributed by atoms with Gasteiger partial charge in [-0.2, -0.15) is 0 Å². The minimum Gasteiger partial charge on any atom is -0.444 e. The molecule has 0 aromatic carbocycles. The molecule has 1 aliphatic carbocycles. The molecule has 6 heteroatoms. The second-order valence-corrected chi connectivity index (χ2v) is 9.58. The van der Waals surface area contributed by atoms with Crippen molar-refractivity contribution >= 4 is 6.09 Å². The molecule has 0 bridgehead atoms. The van der Waals surface area contributed by atoms with Gasteiger partial charge in [0, 0.05) is 18.7 Å². The Labute approximate surface area is 162 Å².